The van der Waals surface area contributed by atoms with Crippen molar-refractivity contribution in [2.75, 3.05) is 45.7 Å². The number of carbonyl (C=O) groups is 1. The van der Waals surface area contributed by atoms with Gasteiger partial charge < -0.3 is 20.4 Å². The fourth-order valence-corrected chi connectivity index (χ4v) is 3.24. The molecule has 2 N–H and O–H groups in total. The van der Waals surface area contributed by atoms with Crippen molar-refractivity contribution < 1.29 is 4.79 Å². The first-order valence-corrected chi connectivity index (χ1v) is 9.53. The van der Waals surface area contributed by atoms with Gasteiger partial charge in [-0.3, -0.25) is 4.79 Å². The fraction of sp³-hybridized carbons (Fsp3) is 0.600. The molecule has 2 rings (SSSR count). The summed E-state index contributed by atoms with van der Waals surface area (Å²) >= 11 is 0. The van der Waals surface area contributed by atoms with E-state index in [2.05, 4.69) is 65.7 Å². The molecule has 144 valence electrons. The average molecular weight is 360 g/mol. The van der Waals surface area contributed by atoms with Gasteiger partial charge in [0.15, 0.2) is 5.96 Å². The molecule has 1 aromatic rings. The number of rotatable bonds is 6. The van der Waals surface area contributed by atoms with Gasteiger partial charge in [0.2, 0.25) is 5.91 Å². The quantitative estimate of drug-likeness (QED) is 0.603. The highest BCUT2D eigenvalue weighted by molar-refractivity contribution is 5.80. The Morgan fingerprint density at radius 3 is 2.65 bits per heavy atom. The average Bonchev–Trinajstić information content (AvgIpc) is 2.66. The smallest absolute Gasteiger partial charge is 0.220 e. The summed E-state index contributed by atoms with van der Waals surface area (Å²) in [6, 6.07) is 8.49. The van der Waals surface area contributed by atoms with E-state index in [4.69, 9.17) is 4.99 Å². The van der Waals surface area contributed by atoms with E-state index in [1.165, 1.54) is 11.3 Å². The van der Waals surface area contributed by atoms with Crippen molar-refractivity contribution in [1.82, 2.24) is 15.5 Å². The van der Waals surface area contributed by atoms with E-state index >= 15 is 0 Å². The zero-order chi connectivity index (χ0) is 18.9. The maximum atomic E-state index is 11.6. The molecule has 0 unspecified atom stereocenters. The number of hydrogen-bond donors (Lipinski definition) is 2. The molecule has 1 aliphatic rings. The molecule has 0 atom stereocenters. The highest BCUT2D eigenvalue weighted by Gasteiger charge is 2.23. The van der Waals surface area contributed by atoms with Crippen molar-refractivity contribution in [2.24, 2.45) is 10.9 Å². The lowest BCUT2D eigenvalue weighted by Crippen LogP contribution is -2.46. The van der Waals surface area contributed by atoms with E-state index in [1.807, 2.05) is 0 Å². The third-order valence-corrected chi connectivity index (χ3v) is 4.84. The molecule has 1 aromatic carbocycles. The van der Waals surface area contributed by atoms with Crippen LogP contribution >= 0.6 is 0 Å². The molecular weight excluding hydrogens is 326 g/mol. The SMILES string of the molecule is CCNC(=NCc1cccc(N(C)C)c1)N1CCC(CC(=O)NC)CC1. The van der Waals surface area contributed by atoms with E-state index in [1.54, 1.807) is 7.05 Å². The normalized spacial score (nSPS) is 15.7. The van der Waals surface area contributed by atoms with E-state index in [0.29, 0.717) is 18.9 Å². The molecule has 26 heavy (non-hydrogen) atoms. The standard InChI is InChI=1S/C20H33N5O/c1-5-22-20(23-15-17-7-6-8-18(13-17)24(3)4)25-11-9-16(10-12-25)14-19(26)21-2/h6-8,13,16H,5,9-12,14-15H2,1-4H3,(H,21,26)(H,22,23). The number of amides is 1. The molecule has 0 saturated carbocycles. The highest BCUT2D eigenvalue weighted by Crippen LogP contribution is 2.21. The molecule has 0 bridgehead atoms. The van der Waals surface area contributed by atoms with E-state index in [0.717, 1.165) is 38.4 Å². The first kappa shape index (κ1) is 20.1. The summed E-state index contributed by atoms with van der Waals surface area (Å²) in [5.41, 5.74) is 2.40. The molecule has 0 radical (unpaired) electrons. The van der Waals surface area contributed by atoms with Crippen molar-refractivity contribution >= 4 is 17.6 Å². The van der Waals surface area contributed by atoms with Crippen molar-refractivity contribution in [1.29, 1.82) is 0 Å². The first-order chi connectivity index (χ1) is 12.5. The molecule has 1 fully saturated rings. The maximum absolute atomic E-state index is 11.6. The molecule has 1 saturated heterocycles. The summed E-state index contributed by atoms with van der Waals surface area (Å²) < 4.78 is 0. The first-order valence-electron chi connectivity index (χ1n) is 9.53. The topological polar surface area (TPSA) is 60.0 Å². The van der Waals surface area contributed by atoms with Crippen molar-refractivity contribution in [3.63, 3.8) is 0 Å². The van der Waals surface area contributed by atoms with Gasteiger partial charge in [-0.25, -0.2) is 4.99 Å². The Balaban J connectivity index is 1.97. The number of nitrogens with zero attached hydrogens (tertiary/aromatic N) is 3. The second-order valence-corrected chi connectivity index (χ2v) is 7.04. The van der Waals surface area contributed by atoms with Gasteiger partial charge >= 0.3 is 0 Å². The van der Waals surface area contributed by atoms with Crippen LogP contribution in [0.3, 0.4) is 0 Å². The van der Waals surface area contributed by atoms with Gasteiger partial charge in [-0.1, -0.05) is 12.1 Å². The zero-order valence-electron chi connectivity index (χ0n) is 16.6. The van der Waals surface area contributed by atoms with E-state index in [-0.39, 0.29) is 5.91 Å². The van der Waals surface area contributed by atoms with Gasteiger partial charge in [-0.15, -0.1) is 0 Å². The fourth-order valence-electron chi connectivity index (χ4n) is 3.24. The molecular formula is C20H33N5O. The lowest BCUT2D eigenvalue weighted by atomic mass is 9.93. The minimum Gasteiger partial charge on any atom is -0.378 e. The number of likely N-dealkylation sites (tertiary alicyclic amines) is 1. The summed E-state index contributed by atoms with van der Waals surface area (Å²) in [4.78, 5) is 20.8. The summed E-state index contributed by atoms with van der Waals surface area (Å²) in [6.07, 6.45) is 2.71. The van der Waals surface area contributed by atoms with Gasteiger partial charge in [-0.05, 0) is 43.4 Å². The number of hydrogen-bond acceptors (Lipinski definition) is 3. The number of anilines is 1. The Kier molecular flexibility index (Phi) is 7.75. The van der Waals surface area contributed by atoms with Crippen LogP contribution in [0.2, 0.25) is 0 Å². The molecule has 6 heteroatoms. The van der Waals surface area contributed by atoms with Gasteiger partial charge in [0.25, 0.3) is 0 Å². The Bertz CT molecular complexity index is 606. The predicted octanol–water partition coefficient (Wildman–Crippen LogP) is 2.07. The van der Waals surface area contributed by atoms with Crippen LogP contribution in [-0.2, 0) is 11.3 Å². The number of nitrogens with one attached hydrogen (secondary N) is 2. The minimum absolute atomic E-state index is 0.143. The van der Waals surface area contributed by atoms with Crippen LogP contribution in [0.15, 0.2) is 29.3 Å². The number of carbonyl (C=O) groups excluding carboxylic acids is 1. The summed E-state index contributed by atoms with van der Waals surface area (Å²) in [6.45, 7) is 5.52. The highest BCUT2D eigenvalue weighted by atomic mass is 16.1. The molecule has 1 aliphatic heterocycles. The van der Waals surface area contributed by atoms with Crippen molar-refractivity contribution in [3.8, 4) is 0 Å². The monoisotopic (exact) mass is 359 g/mol. The molecule has 0 spiro atoms. The Morgan fingerprint density at radius 1 is 1.31 bits per heavy atom. The third kappa shape index (κ3) is 5.93. The Hall–Kier alpha value is -2.24. The second kappa shape index (κ2) is 10.0. The van der Waals surface area contributed by atoms with Crippen molar-refractivity contribution in [2.45, 2.75) is 32.7 Å². The van der Waals surface area contributed by atoms with Crippen LogP contribution < -0.4 is 15.5 Å². The van der Waals surface area contributed by atoms with Crippen LogP contribution in [0.1, 0.15) is 31.7 Å². The Labute approximate surface area is 157 Å². The minimum atomic E-state index is 0.143. The zero-order valence-corrected chi connectivity index (χ0v) is 16.6. The largest absolute Gasteiger partial charge is 0.378 e. The summed E-state index contributed by atoms with van der Waals surface area (Å²) in [5, 5.41) is 6.14. The van der Waals surface area contributed by atoms with Gasteiger partial charge in [0, 0.05) is 52.9 Å². The van der Waals surface area contributed by atoms with Crippen molar-refractivity contribution in [3.05, 3.63) is 29.8 Å². The molecule has 0 aromatic heterocycles. The number of guanidine groups is 1. The lowest BCUT2D eigenvalue weighted by Gasteiger charge is -2.34. The Morgan fingerprint density at radius 2 is 2.04 bits per heavy atom. The molecule has 0 aliphatic carbocycles. The maximum Gasteiger partial charge on any atom is 0.220 e. The second-order valence-electron chi connectivity index (χ2n) is 7.04. The lowest BCUT2D eigenvalue weighted by molar-refractivity contribution is -0.121. The van der Waals surface area contributed by atoms with Crippen LogP contribution in [0.5, 0.6) is 0 Å². The van der Waals surface area contributed by atoms with E-state index in [9.17, 15) is 4.79 Å². The van der Waals surface area contributed by atoms with Gasteiger partial charge in [-0.2, -0.15) is 0 Å². The van der Waals surface area contributed by atoms with Gasteiger partial charge in [0.1, 0.15) is 0 Å². The molecule has 1 heterocycles. The molecule has 6 nitrogen and oxygen atoms in total. The number of benzene rings is 1. The predicted molar refractivity (Wildman–Crippen MR) is 109 cm³/mol. The van der Waals surface area contributed by atoms with Crippen LogP contribution in [0, 0.1) is 5.92 Å². The number of aliphatic imine (C=N–C) groups is 1. The van der Waals surface area contributed by atoms with Crippen LogP contribution in [0.25, 0.3) is 0 Å². The number of piperidine rings is 1. The summed E-state index contributed by atoms with van der Waals surface area (Å²) in [5.74, 6) is 1.59. The van der Waals surface area contributed by atoms with Crippen LogP contribution in [-0.4, -0.2) is 57.5 Å². The third-order valence-electron chi connectivity index (χ3n) is 4.84. The summed E-state index contributed by atoms with van der Waals surface area (Å²) in [7, 11) is 5.81. The van der Waals surface area contributed by atoms with Gasteiger partial charge in [0.05, 0.1) is 6.54 Å². The molecule has 1 amide bonds. The van der Waals surface area contributed by atoms with E-state index < -0.39 is 0 Å². The van der Waals surface area contributed by atoms with Crippen LogP contribution in [0.4, 0.5) is 5.69 Å².